The molecule has 1 saturated heterocycles. The third kappa shape index (κ3) is 3.72. The van der Waals surface area contributed by atoms with E-state index < -0.39 is 0 Å². The Morgan fingerprint density at radius 2 is 1.61 bits per heavy atom. The number of thiophene rings is 1. The molecule has 4 heterocycles. The molecule has 6 nitrogen and oxygen atoms in total. The highest BCUT2D eigenvalue weighted by molar-refractivity contribution is 7.19. The van der Waals surface area contributed by atoms with E-state index in [-0.39, 0.29) is 0 Å². The number of rotatable bonds is 3. The van der Waals surface area contributed by atoms with E-state index in [4.69, 9.17) is 16.6 Å². The summed E-state index contributed by atoms with van der Waals surface area (Å²) in [6.45, 7) is 9.75. The lowest BCUT2D eigenvalue weighted by atomic mass is 9.99. The first-order valence-corrected chi connectivity index (χ1v) is 11.5. The Bertz CT molecular complexity index is 1250. The Hall–Kier alpha value is -2.77. The Balaban J connectivity index is 1.55. The van der Waals surface area contributed by atoms with E-state index in [2.05, 4.69) is 63.7 Å². The van der Waals surface area contributed by atoms with E-state index in [0.29, 0.717) is 5.28 Å². The van der Waals surface area contributed by atoms with Crippen molar-refractivity contribution in [2.24, 2.45) is 0 Å². The molecule has 1 aliphatic rings. The van der Waals surface area contributed by atoms with Gasteiger partial charge in [-0.3, -0.25) is 0 Å². The summed E-state index contributed by atoms with van der Waals surface area (Å²) >= 11 is 8.03. The van der Waals surface area contributed by atoms with Crippen molar-refractivity contribution in [3.05, 3.63) is 57.9 Å². The van der Waals surface area contributed by atoms with Crippen molar-refractivity contribution in [1.29, 1.82) is 0 Å². The summed E-state index contributed by atoms with van der Waals surface area (Å²) in [6.07, 6.45) is 3.57. The van der Waals surface area contributed by atoms with Gasteiger partial charge in [0.15, 0.2) is 0 Å². The van der Waals surface area contributed by atoms with Crippen molar-refractivity contribution in [3.63, 3.8) is 0 Å². The number of aromatic nitrogens is 4. The molecule has 1 aliphatic heterocycles. The molecular weight excluding hydrogens is 428 g/mol. The van der Waals surface area contributed by atoms with Gasteiger partial charge in [0.05, 0.1) is 5.39 Å². The molecule has 0 bridgehead atoms. The van der Waals surface area contributed by atoms with Gasteiger partial charge in [-0.2, -0.15) is 4.98 Å². The predicted octanol–water partition coefficient (Wildman–Crippen LogP) is 5.05. The van der Waals surface area contributed by atoms with Gasteiger partial charge in [-0.15, -0.1) is 11.3 Å². The molecule has 4 aromatic rings. The van der Waals surface area contributed by atoms with E-state index in [9.17, 15) is 0 Å². The second-order valence-electron chi connectivity index (χ2n) is 7.85. The Morgan fingerprint density at radius 1 is 0.903 bits per heavy atom. The number of piperazine rings is 1. The van der Waals surface area contributed by atoms with Crippen LogP contribution in [0.15, 0.2) is 36.7 Å². The molecule has 0 unspecified atom stereocenters. The first kappa shape index (κ1) is 20.2. The quantitative estimate of drug-likeness (QED) is 0.407. The van der Waals surface area contributed by atoms with Gasteiger partial charge in [0.25, 0.3) is 0 Å². The monoisotopic (exact) mass is 450 g/mol. The molecule has 8 heteroatoms. The van der Waals surface area contributed by atoms with Crippen molar-refractivity contribution in [2.75, 3.05) is 36.0 Å². The summed E-state index contributed by atoms with van der Waals surface area (Å²) in [6, 6.07) is 8.47. The van der Waals surface area contributed by atoms with Gasteiger partial charge in [-0.05, 0) is 55.1 Å². The minimum absolute atomic E-state index is 0.296. The van der Waals surface area contributed by atoms with Crippen LogP contribution in [-0.2, 0) is 0 Å². The third-order valence-electron chi connectivity index (χ3n) is 5.89. The molecule has 5 rings (SSSR count). The maximum absolute atomic E-state index is 6.35. The highest BCUT2D eigenvalue weighted by Gasteiger charge is 2.25. The molecule has 0 aliphatic carbocycles. The highest BCUT2D eigenvalue weighted by atomic mass is 35.5. The van der Waals surface area contributed by atoms with Crippen LogP contribution in [0.1, 0.15) is 16.0 Å². The van der Waals surface area contributed by atoms with Crippen molar-refractivity contribution in [2.45, 2.75) is 20.8 Å². The Labute approximate surface area is 190 Å². The van der Waals surface area contributed by atoms with Crippen LogP contribution in [0.2, 0.25) is 5.28 Å². The van der Waals surface area contributed by atoms with E-state index in [1.807, 2.05) is 6.07 Å². The average molecular weight is 451 g/mol. The SMILES string of the molecule is Cc1ccc(-c2c(C)sc3nc(Cl)nc(N4CCN(c5ncccn5)CC4)c23)cc1C. The number of halogens is 1. The summed E-state index contributed by atoms with van der Waals surface area (Å²) < 4.78 is 0. The van der Waals surface area contributed by atoms with Crippen molar-refractivity contribution in [1.82, 2.24) is 19.9 Å². The van der Waals surface area contributed by atoms with Gasteiger partial charge in [0.1, 0.15) is 10.6 Å². The van der Waals surface area contributed by atoms with Gasteiger partial charge in [-0.1, -0.05) is 18.2 Å². The van der Waals surface area contributed by atoms with Crippen LogP contribution < -0.4 is 9.80 Å². The van der Waals surface area contributed by atoms with Crippen molar-refractivity contribution < 1.29 is 0 Å². The molecule has 1 aromatic carbocycles. The summed E-state index contributed by atoms with van der Waals surface area (Å²) in [5.74, 6) is 1.69. The number of hydrogen-bond donors (Lipinski definition) is 0. The fraction of sp³-hybridized carbons (Fsp3) is 0.304. The average Bonchev–Trinajstić information content (AvgIpc) is 3.11. The summed E-state index contributed by atoms with van der Waals surface area (Å²) in [5.41, 5.74) is 4.99. The summed E-state index contributed by atoms with van der Waals surface area (Å²) in [4.78, 5) is 24.7. The van der Waals surface area contributed by atoms with Crippen LogP contribution in [0.3, 0.4) is 0 Å². The van der Waals surface area contributed by atoms with E-state index in [0.717, 1.165) is 48.2 Å². The van der Waals surface area contributed by atoms with Crippen LogP contribution in [-0.4, -0.2) is 46.1 Å². The minimum atomic E-state index is 0.296. The predicted molar refractivity (Wildman–Crippen MR) is 129 cm³/mol. The molecule has 0 amide bonds. The van der Waals surface area contributed by atoms with Gasteiger partial charge in [0.2, 0.25) is 11.2 Å². The molecular formula is C23H23ClN6S. The Kier molecular flexibility index (Phi) is 5.24. The zero-order valence-electron chi connectivity index (χ0n) is 17.8. The van der Waals surface area contributed by atoms with Crippen molar-refractivity contribution in [3.8, 4) is 11.1 Å². The second kappa shape index (κ2) is 8.05. The van der Waals surface area contributed by atoms with Crippen LogP contribution in [0.25, 0.3) is 21.3 Å². The fourth-order valence-electron chi connectivity index (χ4n) is 4.11. The summed E-state index contributed by atoms with van der Waals surface area (Å²) in [7, 11) is 0. The molecule has 0 saturated carbocycles. The van der Waals surface area contributed by atoms with Gasteiger partial charge < -0.3 is 9.80 Å². The van der Waals surface area contributed by atoms with Crippen LogP contribution in [0.5, 0.6) is 0 Å². The molecule has 31 heavy (non-hydrogen) atoms. The van der Waals surface area contributed by atoms with E-state index in [1.165, 1.54) is 27.1 Å². The van der Waals surface area contributed by atoms with Crippen molar-refractivity contribution >= 4 is 44.9 Å². The number of aryl methyl sites for hydroxylation is 3. The first-order chi connectivity index (χ1) is 15.0. The lowest BCUT2D eigenvalue weighted by Crippen LogP contribution is -2.47. The lowest BCUT2D eigenvalue weighted by Gasteiger charge is -2.35. The lowest BCUT2D eigenvalue weighted by molar-refractivity contribution is 0.636. The fourth-order valence-corrected chi connectivity index (χ4v) is 5.37. The minimum Gasteiger partial charge on any atom is -0.352 e. The standard InChI is InChI=1S/C23H23ClN6S/c1-14-5-6-17(13-15(14)2)18-16(3)31-21-19(18)20(27-22(24)28-21)29-9-11-30(12-10-29)23-25-7-4-8-26-23/h4-8,13H,9-12H2,1-3H3. The largest absolute Gasteiger partial charge is 0.352 e. The van der Waals surface area contributed by atoms with Gasteiger partial charge >= 0.3 is 0 Å². The topological polar surface area (TPSA) is 58.0 Å². The van der Waals surface area contributed by atoms with Gasteiger partial charge in [-0.25, -0.2) is 15.0 Å². The first-order valence-electron chi connectivity index (χ1n) is 10.3. The van der Waals surface area contributed by atoms with Gasteiger partial charge in [0, 0.05) is 49.0 Å². The summed E-state index contributed by atoms with van der Waals surface area (Å²) in [5, 5.41) is 1.39. The molecule has 0 radical (unpaired) electrons. The molecule has 0 N–H and O–H groups in total. The third-order valence-corrected chi connectivity index (χ3v) is 7.06. The Morgan fingerprint density at radius 3 is 2.32 bits per heavy atom. The van der Waals surface area contributed by atoms with Crippen LogP contribution in [0.4, 0.5) is 11.8 Å². The zero-order chi connectivity index (χ0) is 21.5. The maximum Gasteiger partial charge on any atom is 0.225 e. The van der Waals surface area contributed by atoms with E-state index >= 15 is 0 Å². The smallest absolute Gasteiger partial charge is 0.225 e. The highest BCUT2D eigenvalue weighted by Crippen LogP contribution is 2.42. The molecule has 1 fully saturated rings. The number of nitrogens with zero attached hydrogens (tertiary/aromatic N) is 6. The number of anilines is 2. The van der Waals surface area contributed by atoms with Crippen LogP contribution in [0, 0.1) is 20.8 Å². The molecule has 0 atom stereocenters. The van der Waals surface area contributed by atoms with Crippen LogP contribution >= 0.6 is 22.9 Å². The number of hydrogen-bond acceptors (Lipinski definition) is 7. The number of fused-ring (bicyclic) bond motifs is 1. The molecule has 3 aromatic heterocycles. The molecule has 0 spiro atoms. The number of benzene rings is 1. The normalized spacial score (nSPS) is 14.5. The maximum atomic E-state index is 6.35. The zero-order valence-corrected chi connectivity index (χ0v) is 19.3. The second-order valence-corrected chi connectivity index (χ2v) is 9.39. The van der Waals surface area contributed by atoms with E-state index in [1.54, 1.807) is 23.7 Å². The molecule has 158 valence electrons.